The van der Waals surface area contributed by atoms with Crippen LogP contribution < -0.4 is 5.32 Å². The van der Waals surface area contributed by atoms with Gasteiger partial charge in [0.15, 0.2) is 0 Å². The van der Waals surface area contributed by atoms with E-state index in [1.165, 1.54) is 5.69 Å². The Morgan fingerprint density at radius 2 is 2.22 bits per heavy atom. The molecule has 0 bridgehead atoms. The molecule has 1 aromatic rings. The molecule has 0 radical (unpaired) electrons. The van der Waals surface area contributed by atoms with E-state index < -0.39 is 0 Å². The van der Waals surface area contributed by atoms with E-state index in [2.05, 4.69) is 47.1 Å². The van der Waals surface area contributed by atoms with E-state index in [4.69, 9.17) is 4.74 Å². The average Bonchev–Trinajstić information content (AvgIpc) is 2.66. The van der Waals surface area contributed by atoms with Crippen molar-refractivity contribution in [2.75, 3.05) is 20.3 Å². The molecule has 1 rings (SSSR count). The molecule has 0 saturated carbocycles. The van der Waals surface area contributed by atoms with Crippen molar-refractivity contribution < 1.29 is 4.74 Å². The van der Waals surface area contributed by atoms with Crippen LogP contribution in [0.15, 0.2) is 10.7 Å². The van der Waals surface area contributed by atoms with E-state index in [1.807, 2.05) is 10.9 Å². The van der Waals surface area contributed by atoms with Crippen LogP contribution >= 0.6 is 15.9 Å². The zero-order valence-electron chi connectivity index (χ0n) is 11.7. The van der Waals surface area contributed by atoms with Crippen LogP contribution in [0.5, 0.6) is 0 Å². The van der Waals surface area contributed by atoms with Crippen LogP contribution in [0.2, 0.25) is 0 Å². The van der Waals surface area contributed by atoms with Crippen molar-refractivity contribution in [2.24, 2.45) is 5.92 Å². The Hall–Kier alpha value is -0.390. The maximum absolute atomic E-state index is 5.13. The first-order valence-corrected chi connectivity index (χ1v) is 7.32. The van der Waals surface area contributed by atoms with E-state index in [1.54, 1.807) is 7.11 Å². The minimum absolute atomic E-state index is 0.337. The number of hydrogen-bond donors (Lipinski definition) is 1. The lowest BCUT2D eigenvalue weighted by molar-refractivity contribution is 0.181. The molecule has 1 heterocycles. The molecule has 0 fully saturated rings. The number of aromatic nitrogens is 2. The van der Waals surface area contributed by atoms with Crippen molar-refractivity contribution in [3.63, 3.8) is 0 Å². The number of halogens is 1. The molecule has 1 aromatic heterocycles. The highest BCUT2D eigenvalue weighted by Crippen LogP contribution is 2.28. The number of ether oxygens (including phenoxy) is 1. The zero-order chi connectivity index (χ0) is 13.5. The Kier molecular flexibility index (Phi) is 6.89. The number of nitrogens with zero attached hydrogens (tertiary/aromatic N) is 2. The summed E-state index contributed by atoms with van der Waals surface area (Å²) >= 11 is 3.61. The van der Waals surface area contributed by atoms with Crippen LogP contribution in [-0.2, 0) is 11.3 Å². The third-order valence-electron chi connectivity index (χ3n) is 2.83. The molecule has 0 aliphatic heterocycles. The van der Waals surface area contributed by atoms with Gasteiger partial charge in [-0.25, -0.2) is 0 Å². The highest BCUT2D eigenvalue weighted by molar-refractivity contribution is 9.10. The fourth-order valence-electron chi connectivity index (χ4n) is 2.08. The van der Waals surface area contributed by atoms with E-state index >= 15 is 0 Å². The largest absolute Gasteiger partial charge is 0.383 e. The first kappa shape index (κ1) is 15.7. The van der Waals surface area contributed by atoms with Crippen molar-refractivity contribution in [3.8, 4) is 0 Å². The minimum atomic E-state index is 0.337. The highest BCUT2D eigenvalue weighted by Gasteiger charge is 2.20. The normalized spacial score (nSPS) is 13.2. The third-order valence-corrected chi connectivity index (χ3v) is 3.44. The molecule has 0 aromatic carbocycles. The fourth-order valence-corrected chi connectivity index (χ4v) is 2.66. The van der Waals surface area contributed by atoms with Gasteiger partial charge in [0.05, 0.1) is 35.6 Å². The second kappa shape index (κ2) is 7.92. The van der Waals surface area contributed by atoms with Crippen LogP contribution in [-0.4, -0.2) is 30.0 Å². The van der Waals surface area contributed by atoms with Gasteiger partial charge in [-0.05, 0) is 34.8 Å². The molecule has 0 spiro atoms. The lowest BCUT2D eigenvalue weighted by atomic mass is 10.0. The van der Waals surface area contributed by atoms with Gasteiger partial charge in [0.25, 0.3) is 0 Å². The Morgan fingerprint density at radius 3 is 2.78 bits per heavy atom. The second-order valence-electron chi connectivity index (χ2n) is 4.83. The first-order valence-electron chi connectivity index (χ1n) is 6.53. The number of nitrogens with one attached hydrogen (secondary N) is 1. The first-order chi connectivity index (χ1) is 8.60. The van der Waals surface area contributed by atoms with Gasteiger partial charge in [-0.1, -0.05) is 20.8 Å². The predicted octanol–water partition coefficient (Wildman–Crippen LogP) is 2.99. The standard InChI is InChI=1S/C13H24BrN3O/c1-5-15-12(8-10(2)3)13-11(14)9-16-17(13)6-7-18-4/h9-10,12,15H,5-8H2,1-4H3. The summed E-state index contributed by atoms with van der Waals surface area (Å²) in [5.74, 6) is 0.645. The van der Waals surface area contributed by atoms with Gasteiger partial charge >= 0.3 is 0 Å². The van der Waals surface area contributed by atoms with E-state index in [-0.39, 0.29) is 0 Å². The van der Waals surface area contributed by atoms with Crippen molar-refractivity contribution >= 4 is 15.9 Å². The molecule has 4 nitrogen and oxygen atoms in total. The van der Waals surface area contributed by atoms with Crippen LogP contribution in [0.1, 0.15) is 38.9 Å². The lowest BCUT2D eigenvalue weighted by Gasteiger charge is -2.22. The molecule has 1 N–H and O–H groups in total. The van der Waals surface area contributed by atoms with Crippen molar-refractivity contribution in [3.05, 3.63) is 16.4 Å². The Bertz CT molecular complexity index is 352. The number of rotatable bonds is 8. The van der Waals surface area contributed by atoms with Crippen LogP contribution in [0.25, 0.3) is 0 Å². The summed E-state index contributed by atoms with van der Waals surface area (Å²) in [7, 11) is 1.72. The molecule has 1 atom stereocenters. The maximum atomic E-state index is 5.13. The predicted molar refractivity (Wildman–Crippen MR) is 77.7 cm³/mol. The molecular weight excluding hydrogens is 294 g/mol. The van der Waals surface area contributed by atoms with Gasteiger partial charge in [0.1, 0.15) is 0 Å². The molecule has 0 amide bonds. The summed E-state index contributed by atoms with van der Waals surface area (Å²) in [5, 5.41) is 7.96. The lowest BCUT2D eigenvalue weighted by Crippen LogP contribution is -2.26. The monoisotopic (exact) mass is 317 g/mol. The zero-order valence-corrected chi connectivity index (χ0v) is 13.3. The van der Waals surface area contributed by atoms with Gasteiger partial charge < -0.3 is 10.1 Å². The Balaban J connectivity index is 2.90. The summed E-state index contributed by atoms with van der Waals surface area (Å²) in [6.45, 7) is 9.05. The molecule has 0 saturated heterocycles. The fraction of sp³-hybridized carbons (Fsp3) is 0.769. The van der Waals surface area contributed by atoms with E-state index in [0.29, 0.717) is 18.6 Å². The van der Waals surface area contributed by atoms with E-state index in [9.17, 15) is 0 Å². The summed E-state index contributed by atoms with van der Waals surface area (Å²) in [5.41, 5.74) is 1.22. The second-order valence-corrected chi connectivity index (χ2v) is 5.69. The molecule has 104 valence electrons. The molecule has 1 unspecified atom stereocenters. The quantitative estimate of drug-likeness (QED) is 0.801. The molecule has 5 heteroatoms. The van der Waals surface area contributed by atoms with Crippen molar-refractivity contribution in [1.82, 2.24) is 15.1 Å². The van der Waals surface area contributed by atoms with E-state index in [0.717, 1.165) is 24.0 Å². The van der Waals surface area contributed by atoms with Gasteiger partial charge in [-0.3, -0.25) is 4.68 Å². The average molecular weight is 318 g/mol. The number of hydrogen-bond acceptors (Lipinski definition) is 3. The third kappa shape index (κ3) is 4.37. The van der Waals surface area contributed by atoms with Gasteiger partial charge in [0.2, 0.25) is 0 Å². The van der Waals surface area contributed by atoms with Gasteiger partial charge in [0, 0.05) is 7.11 Å². The highest BCUT2D eigenvalue weighted by atomic mass is 79.9. The SMILES string of the molecule is CCNC(CC(C)C)c1c(Br)cnn1CCOC. The smallest absolute Gasteiger partial charge is 0.0696 e. The summed E-state index contributed by atoms with van der Waals surface area (Å²) in [6, 6.07) is 0.337. The molecule has 18 heavy (non-hydrogen) atoms. The van der Waals surface area contributed by atoms with Gasteiger partial charge in [-0.15, -0.1) is 0 Å². The number of methoxy groups -OCH3 is 1. The Morgan fingerprint density at radius 1 is 1.50 bits per heavy atom. The summed E-state index contributed by atoms with van der Waals surface area (Å²) in [4.78, 5) is 0. The van der Waals surface area contributed by atoms with Crippen molar-refractivity contribution in [2.45, 2.75) is 39.8 Å². The summed E-state index contributed by atoms with van der Waals surface area (Å²) < 4.78 is 8.24. The molecule has 0 aliphatic rings. The molecule has 0 aliphatic carbocycles. The molecular formula is C13H24BrN3O. The van der Waals surface area contributed by atoms with Gasteiger partial charge in [-0.2, -0.15) is 5.10 Å². The maximum Gasteiger partial charge on any atom is 0.0696 e. The Labute approximate surface area is 118 Å². The topological polar surface area (TPSA) is 39.1 Å². The summed E-state index contributed by atoms with van der Waals surface area (Å²) in [6.07, 6.45) is 2.97. The van der Waals surface area contributed by atoms with Crippen molar-refractivity contribution in [1.29, 1.82) is 0 Å². The minimum Gasteiger partial charge on any atom is -0.383 e. The van der Waals surface area contributed by atoms with Crippen LogP contribution in [0.3, 0.4) is 0 Å². The van der Waals surface area contributed by atoms with Crippen LogP contribution in [0, 0.1) is 5.92 Å². The van der Waals surface area contributed by atoms with Crippen LogP contribution in [0.4, 0.5) is 0 Å².